The van der Waals surface area contributed by atoms with Gasteiger partial charge in [-0.1, -0.05) is 85.3 Å². The fourth-order valence-corrected chi connectivity index (χ4v) is 7.29. The molecule has 44 heavy (non-hydrogen) atoms. The second-order valence-electron chi connectivity index (χ2n) is 10.9. The van der Waals surface area contributed by atoms with E-state index in [1.165, 1.54) is 28.0 Å². The van der Waals surface area contributed by atoms with E-state index in [0.29, 0.717) is 40.0 Å². The van der Waals surface area contributed by atoms with Crippen molar-refractivity contribution in [2.45, 2.75) is 61.8 Å². The molecule has 2 atom stereocenters. The van der Waals surface area contributed by atoms with Crippen LogP contribution in [0.15, 0.2) is 82.7 Å². The zero-order valence-electron chi connectivity index (χ0n) is 24.6. The van der Waals surface area contributed by atoms with Gasteiger partial charge in [0.15, 0.2) is 4.34 Å². The summed E-state index contributed by atoms with van der Waals surface area (Å²) in [4.78, 5) is 28.8. The lowest BCUT2D eigenvalue weighted by Crippen LogP contribution is -2.29. The summed E-state index contributed by atoms with van der Waals surface area (Å²) in [5, 5.41) is 20.6. The number of rotatable bonds is 11. The Bertz CT molecular complexity index is 1700. The predicted octanol–water partition coefficient (Wildman–Crippen LogP) is 7.35. The van der Waals surface area contributed by atoms with Crippen LogP contribution in [0.1, 0.15) is 61.4 Å². The van der Waals surface area contributed by atoms with E-state index in [9.17, 15) is 14.7 Å². The van der Waals surface area contributed by atoms with E-state index in [0.717, 1.165) is 36.1 Å². The first kappa shape index (κ1) is 29.9. The van der Waals surface area contributed by atoms with Crippen molar-refractivity contribution >= 4 is 45.7 Å². The summed E-state index contributed by atoms with van der Waals surface area (Å²) < 4.78 is 12.5. The van der Waals surface area contributed by atoms with Crippen LogP contribution in [-0.4, -0.2) is 39.7 Å². The number of ketones is 1. The number of benzene rings is 3. The van der Waals surface area contributed by atoms with Crippen molar-refractivity contribution in [1.82, 2.24) is 10.2 Å². The van der Waals surface area contributed by atoms with Crippen molar-refractivity contribution in [3.05, 3.63) is 101 Å². The van der Waals surface area contributed by atoms with E-state index in [1.807, 2.05) is 67.6 Å². The lowest BCUT2D eigenvalue weighted by Gasteiger charge is -2.23. The molecule has 1 N–H and O–H groups in total. The topological polar surface area (TPSA) is 102 Å². The third-order valence-electron chi connectivity index (χ3n) is 7.61. The first-order chi connectivity index (χ1) is 21.4. The molecule has 1 fully saturated rings. The minimum Gasteiger partial charge on any atom is -0.507 e. The Morgan fingerprint density at radius 1 is 1.07 bits per heavy atom. The largest absolute Gasteiger partial charge is 0.507 e. The van der Waals surface area contributed by atoms with Gasteiger partial charge in [0, 0.05) is 17.7 Å². The molecule has 8 nitrogen and oxygen atoms in total. The fraction of sp³-hybridized carbons (Fsp3) is 0.294. The molecule has 2 aliphatic heterocycles. The van der Waals surface area contributed by atoms with Crippen LogP contribution in [0.3, 0.4) is 0 Å². The fourth-order valence-electron chi connectivity index (χ4n) is 5.46. The number of unbranched alkanes of at least 4 members (excludes halogenated alkanes) is 2. The number of amides is 1. The number of hydrogen-bond donors (Lipinski definition) is 1. The lowest BCUT2D eigenvalue weighted by molar-refractivity contribution is -0.132. The highest BCUT2D eigenvalue weighted by atomic mass is 32.2. The zero-order chi connectivity index (χ0) is 30.6. The number of carbonyl (C=O) groups excluding carboxylic acids is 2. The standard InChI is InChI=1S/C34H33N3O5S2/c1-3-4-8-16-41-26-13-9-12-23(19-26)29-28(30(38)24-14-15-27-25(18-24)17-21(2)42-27)31(39)32(40)37(29)33-35-36-34(44-33)43-20-22-10-6-5-7-11-22/h5-7,9-15,18-19,21,29,38H,3-4,8,16-17,20H2,1-2H3/b30-28-. The van der Waals surface area contributed by atoms with E-state index in [-0.39, 0.29) is 22.6 Å². The summed E-state index contributed by atoms with van der Waals surface area (Å²) >= 11 is 2.76. The maximum absolute atomic E-state index is 13.7. The minimum atomic E-state index is -0.919. The van der Waals surface area contributed by atoms with E-state index in [1.54, 1.807) is 12.1 Å². The van der Waals surface area contributed by atoms with Gasteiger partial charge in [0.05, 0.1) is 18.2 Å². The Labute approximate surface area is 264 Å². The highest BCUT2D eigenvalue weighted by Crippen LogP contribution is 2.45. The smallest absolute Gasteiger partial charge is 0.301 e. The molecule has 1 aromatic heterocycles. The van der Waals surface area contributed by atoms with Gasteiger partial charge in [-0.15, -0.1) is 10.2 Å². The maximum Gasteiger partial charge on any atom is 0.301 e. The van der Waals surface area contributed by atoms with E-state index in [4.69, 9.17) is 9.47 Å². The van der Waals surface area contributed by atoms with Crippen LogP contribution in [0.2, 0.25) is 0 Å². The third kappa shape index (κ3) is 6.23. The molecule has 4 aromatic rings. The number of fused-ring (bicyclic) bond motifs is 1. The molecular formula is C34H33N3O5S2. The number of aliphatic hydroxyl groups excluding tert-OH is 1. The average molecular weight is 628 g/mol. The number of thioether (sulfide) groups is 1. The molecule has 0 aliphatic carbocycles. The molecule has 2 unspecified atom stereocenters. The number of aliphatic hydroxyl groups is 1. The molecular weight excluding hydrogens is 595 g/mol. The molecule has 1 amide bonds. The molecule has 10 heteroatoms. The Morgan fingerprint density at radius 2 is 1.91 bits per heavy atom. The van der Waals surface area contributed by atoms with Gasteiger partial charge in [-0.2, -0.15) is 0 Å². The Kier molecular flexibility index (Phi) is 8.99. The predicted molar refractivity (Wildman–Crippen MR) is 172 cm³/mol. The van der Waals surface area contributed by atoms with Crippen molar-refractivity contribution in [2.75, 3.05) is 11.5 Å². The Balaban J connectivity index is 1.38. The number of ether oxygens (including phenoxy) is 2. The molecule has 0 bridgehead atoms. The van der Waals surface area contributed by atoms with Gasteiger partial charge in [0.1, 0.15) is 23.4 Å². The van der Waals surface area contributed by atoms with Crippen LogP contribution in [0.25, 0.3) is 5.76 Å². The Hall–Kier alpha value is -4.15. The highest BCUT2D eigenvalue weighted by molar-refractivity contribution is 8.00. The minimum absolute atomic E-state index is 0.00117. The van der Waals surface area contributed by atoms with Crippen LogP contribution in [-0.2, 0) is 21.8 Å². The van der Waals surface area contributed by atoms with Crippen LogP contribution >= 0.6 is 23.1 Å². The van der Waals surface area contributed by atoms with Crippen molar-refractivity contribution in [3.8, 4) is 11.5 Å². The van der Waals surface area contributed by atoms with Gasteiger partial charge in [-0.05, 0) is 60.4 Å². The van der Waals surface area contributed by atoms with Crippen molar-refractivity contribution < 1.29 is 24.2 Å². The van der Waals surface area contributed by atoms with Gasteiger partial charge in [-0.25, -0.2) is 0 Å². The average Bonchev–Trinajstić information content (AvgIpc) is 3.73. The highest BCUT2D eigenvalue weighted by Gasteiger charge is 2.48. The van der Waals surface area contributed by atoms with Crippen molar-refractivity contribution in [2.24, 2.45) is 0 Å². The van der Waals surface area contributed by atoms with Crippen LogP contribution in [0.5, 0.6) is 11.5 Å². The van der Waals surface area contributed by atoms with Crippen LogP contribution in [0, 0.1) is 0 Å². The zero-order valence-corrected chi connectivity index (χ0v) is 26.2. The number of Topliss-reactive ketones (excluding diaryl/α,β-unsaturated/α-hetero) is 1. The maximum atomic E-state index is 13.7. The number of hydrogen-bond acceptors (Lipinski definition) is 9. The summed E-state index contributed by atoms with van der Waals surface area (Å²) in [7, 11) is 0. The second-order valence-corrected chi connectivity index (χ2v) is 13.1. The second kappa shape index (κ2) is 13.2. The summed E-state index contributed by atoms with van der Waals surface area (Å²) in [6.07, 6.45) is 3.79. The molecule has 2 aliphatic rings. The monoisotopic (exact) mass is 627 g/mol. The molecule has 1 saturated heterocycles. The number of aromatic nitrogens is 2. The Morgan fingerprint density at radius 3 is 2.73 bits per heavy atom. The first-order valence-corrected chi connectivity index (χ1v) is 16.6. The number of carbonyl (C=O) groups is 2. The lowest BCUT2D eigenvalue weighted by atomic mass is 9.94. The summed E-state index contributed by atoms with van der Waals surface area (Å²) in [5.74, 6) is 0.295. The summed E-state index contributed by atoms with van der Waals surface area (Å²) in [6, 6.07) is 21.8. The van der Waals surface area contributed by atoms with E-state index < -0.39 is 17.7 Å². The van der Waals surface area contributed by atoms with Gasteiger partial charge in [-0.3, -0.25) is 14.5 Å². The van der Waals surface area contributed by atoms with Crippen molar-refractivity contribution in [1.29, 1.82) is 0 Å². The van der Waals surface area contributed by atoms with Crippen LogP contribution < -0.4 is 14.4 Å². The molecule has 226 valence electrons. The molecule has 0 radical (unpaired) electrons. The molecule has 0 spiro atoms. The van der Waals surface area contributed by atoms with Gasteiger partial charge >= 0.3 is 5.91 Å². The SMILES string of the molecule is CCCCCOc1cccc(C2/C(=C(/O)c3ccc4c(c3)CC(C)O4)C(=O)C(=O)N2c2nnc(SCc3ccccc3)s2)c1. The molecule has 0 saturated carbocycles. The van der Waals surface area contributed by atoms with Gasteiger partial charge < -0.3 is 14.6 Å². The van der Waals surface area contributed by atoms with Crippen LogP contribution in [0.4, 0.5) is 5.13 Å². The molecule has 3 aromatic carbocycles. The van der Waals surface area contributed by atoms with Crippen molar-refractivity contribution in [3.63, 3.8) is 0 Å². The van der Waals surface area contributed by atoms with E-state index in [2.05, 4.69) is 17.1 Å². The quantitative estimate of drug-likeness (QED) is 0.0460. The summed E-state index contributed by atoms with van der Waals surface area (Å²) in [5.41, 5.74) is 3.16. The number of anilines is 1. The van der Waals surface area contributed by atoms with E-state index >= 15 is 0 Å². The first-order valence-electron chi connectivity index (χ1n) is 14.8. The van der Waals surface area contributed by atoms with Gasteiger partial charge in [0.2, 0.25) is 5.13 Å². The van der Waals surface area contributed by atoms with Gasteiger partial charge in [0.25, 0.3) is 5.78 Å². The molecule has 6 rings (SSSR count). The number of nitrogens with zero attached hydrogens (tertiary/aromatic N) is 3. The summed E-state index contributed by atoms with van der Waals surface area (Å²) in [6.45, 7) is 4.68. The third-order valence-corrected chi connectivity index (χ3v) is 9.74. The molecule has 3 heterocycles. The normalized spacial score (nSPS) is 18.8.